The fourth-order valence-corrected chi connectivity index (χ4v) is 3.44. The molecule has 1 fully saturated rings. The van der Waals surface area contributed by atoms with Crippen LogP contribution in [-0.2, 0) is 17.4 Å². The number of carbonyl (C=O) groups is 2. The highest BCUT2D eigenvalue weighted by molar-refractivity contribution is 5.95. The number of benzene rings is 1. The molecule has 1 atom stereocenters. The van der Waals surface area contributed by atoms with Crippen LogP contribution in [-0.4, -0.2) is 29.9 Å². The molecule has 0 aliphatic carbocycles. The lowest BCUT2D eigenvalue weighted by atomic mass is 9.97. The number of nitrogens with zero attached hydrogens (tertiary/aromatic N) is 2. The molecule has 0 bridgehead atoms. The fourth-order valence-electron chi connectivity index (χ4n) is 3.44. The standard InChI is InChI=1S/C21H23F3N4O2/c1-2-14-7-9-15(10-8-14)19(29)26-27-20(30)16-5-4-12-28(13-16)18-17(21(22,23)24)6-3-11-25-18/h3,6-11,16H,2,4-5,12-13H2,1H3,(H,26,29)(H,27,30). The number of amides is 2. The molecular formula is C21H23F3N4O2. The number of carbonyl (C=O) groups excluding carboxylic acids is 2. The van der Waals surface area contributed by atoms with Gasteiger partial charge in [0, 0.05) is 24.8 Å². The van der Waals surface area contributed by atoms with Crippen LogP contribution in [0, 0.1) is 5.92 Å². The monoisotopic (exact) mass is 420 g/mol. The van der Waals surface area contributed by atoms with Crippen molar-refractivity contribution in [2.45, 2.75) is 32.4 Å². The van der Waals surface area contributed by atoms with Crippen LogP contribution in [0.5, 0.6) is 0 Å². The van der Waals surface area contributed by atoms with E-state index < -0.39 is 29.5 Å². The predicted octanol–water partition coefficient (Wildman–Crippen LogP) is 3.34. The number of aromatic nitrogens is 1. The molecule has 0 spiro atoms. The van der Waals surface area contributed by atoms with E-state index in [2.05, 4.69) is 15.8 Å². The molecule has 2 heterocycles. The van der Waals surface area contributed by atoms with E-state index in [9.17, 15) is 22.8 Å². The van der Waals surface area contributed by atoms with Crippen LogP contribution in [0.1, 0.15) is 41.3 Å². The molecule has 1 aliphatic rings. The Balaban J connectivity index is 1.61. The van der Waals surface area contributed by atoms with Crippen molar-refractivity contribution in [3.05, 3.63) is 59.3 Å². The quantitative estimate of drug-likeness (QED) is 0.744. The van der Waals surface area contributed by atoms with Crippen molar-refractivity contribution in [2.75, 3.05) is 18.0 Å². The maximum Gasteiger partial charge on any atom is 0.419 e. The first-order valence-corrected chi connectivity index (χ1v) is 9.76. The van der Waals surface area contributed by atoms with Gasteiger partial charge in [-0.3, -0.25) is 20.4 Å². The summed E-state index contributed by atoms with van der Waals surface area (Å²) in [5.74, 6) is -1.64. The average Bonchev–Trinajstić information content (AvgIpc) is 2.76. The second-order valence-electron chi connectivity index (χ2n) is 7.15. The average molecular weight is 420 g/mol. The molecule has 2 amide bonds. The molecule has 160 valence electrons. The molecule has 1 aliphatic heterocycles. The number of rotatable bonds is 4. The molecule has 1 unspecified atom stereocenters. The summed E-state index contributed by atoms with van der Waals surface area (Å²) in [5, 5.41) is 0. The first-order valence-electron chi connectivity index (χ1n) is 9.76. The Bertz CT molecular complexity index is 900. The molecule has 0 saturated carbocycles. The van der Waals surface area contributed by atoms with Crippen molar-refractivity contribution >= 4 is 17.6 Å². The highest BCUT2D eigenvalue weighted by Crippen LogP contribution is 2.36. The number of hydrogen-bond donors (Lipinski definition) is 2. The molecule has 1 aromatic heterocycles. The van der Waals surface area contributed by atoms with Gasteiger partial charge in [0.25, 0.3) is 5.91 Å². The Kier molecular flexibility index (Phi) is 6.59. The summed E-state index contributed by atoms with van der Waals surface area (Å²) < 4.78 is 39.9. The summed E-state index contributed by atoms with van der Waals surface area (Å²) in [6.45, 7) is 2.47. The van der Waals surface area contributed by atoms with E-state index in [4.69, 9.17) is 0 Å². The van der Waals surface area contributed by atoms with Gasteiger partial charge in [0.2, 0.25) is 5.91 Å². The zero-order valence-corrected chi connectivity index (χ0v) is 16.5. The van der Waals surface area contributed by atoms with Crippen molar-refractivity contribution in [3.8, 4) is 0 Å². The van der Waals surface area contributed by atoms with Crippen molar-refractivity contribution in [1.82, 2.24) is 15.8 Å². The highest BCUT2D eigenvalue weighted by Gasteiger charge is 2.37. The third-order valence-corrected chi connectivity index (χ3v) is 5.11. The van der Waals surface area contributed by atoms with E-state index in [-0.39, 0.29) is 12.4 Å². The number of halogens is 3. The Hall–Kier alpha value is -3.10. The summed E-state index contributed by atoms with van der Waals surface area (Å²) in [6, 6.07) is 9.23. The molecule has 3 rings (SSSR count). The van der Waals surface area contributed by atoms with Gasteiger partial charge in [-0.25, -0.2) is 4.98 Å². The second-order valence-corrected chi connectivity index (χ2v) is 7.15. The molecular weight excluding hydrogens is 397 g/mol. The third kappa shape index (κ3) is 5.08. The number of pyridine rings is 1. The van der Waals surface area contributed by atoms with Gasteiger partial charge in [-0.1, -0.05) is 19.1 Å². The number of hydrazine groups is 1. The predicted molar refractivity (Wildman–Crippen MR) is 106 cm³/mol. The summed E-state index contributed by atoms with van der Waals surface area (Å²) in [5.41, 5.74) is 5.43. The van der Waals surface area contributed by atoms with E-state index in [0.717, 1.165) is 18.1 Å². The first kappa shape index (κ1) is 21.6. The van der Waals surface area contributed by atoms with E-state index in [0.29, 0.717) is 24.9 Å². The van der Waals surface area contributed by atoms with Gasteiger partial charge in [0.1, 0.15) is 5.82 Å². The zero-order valence-electron chi connectivity index (χ0n) is 16.5. The minimum Gasteiger partial charge on any atom is -0.355 e. The summed E-state index contributed by atoms with van der Waals surface area (Å²) in [7, 11) is 0. The molecule has 0 radical (unpaired) electrons. The van der Waals surface area contributed by atoms with Crippen LogP contribution in [0.25, 0.3) is 0 Å². The van der Waals surface area contributed by atoms with Gasteiger partial charge in [0.05, 0.1) is 11.5 Å². The summed E-state index contributed by atoms with van der Waals surface area (Å²) >= 11 is 0. The van der Waals surface area contributed by atoms with E-state index in [1.807, 2.05) is 19.1 Å². The molecule has 9 heteroatoms. The smallest absolute Gasteiger partial charge is 0.355 e. The second kappa shape index (κ2) is 9.15. The Morgan fingerprint density at radius 2 is 1.90 bits per heavy atom. The van der Waals surface area contributed by atoms with Crippen molar-refractivity contribution in [2.24, 2.45) is 5.92 Å². The third-order valence-electron chi connectivity index (χ3n) is 5.11. The lowest BCUT2D eigenvalue weighted by Crippen LogP contribution is -2.49. The maximum atomic E-state index is 13.3. The van der Waals surface area contributed by atoms with E-state index in [1.165, 1.54) is 17.2 Å². The summed E-state index contributed by atoms with van der Waals surface area (Å²) in [6.07, 6.45) is -1.32. The Labute approximate surface area is 172 Å². The van der Waals surface area contributed by atoms with E-state index >= 15 is 0 Å². The van der Waals surface area contributed by atoms with Crippen molar-refractivity contribution < 1.29 is 22.8 Å². The Morgan fingerprint density at radius 1 is 1.17 bits per heavy atom. The SMILES string of the molecule is CCc1ccc(C(=O)NNC(=O)C2CCCN(c3ncccc3C(F)(F)F)C2)cc1. The number of hydrogen-bond acceptors (Lipinski definition) is 4. The normalized spacial score (nSPS) is 16.8. The highest BCUT2D eigenvalue weighted by atomic mass is 19.4. The molecule has 2 N–H and O–H groups in total. The zero-order chi connectivity index (χ0) is 21.7. The largest absolute Gasteiger partial charge is 0.419 e. The van der Waals surface area contributed by atoms with Gasteiger partial charge in [-0.15, -0.1) is 0 Å². The number of piperidine rings is 1. The molecule has 6 nitrogen and oxygen atoms in total. The van der Waals surface area contributed by atoms with Crippen LogP contribution >= 0.6 is 0 Å². The topological polar surface area (TPSA) is 74.3 Å². The van der Waals surface area contributed by atoms with Gasteiger partial charge >= 0.3 is 6.18 Å². The molecule has 1 aromatic carbocycles. The fraction of sp³-hybridized carbons (Fsp3) is 0.381. The van der Waals surface area contributed by atoms with Crippen LogP contribution < -0.4 is 15.8 Å². The van der Waals surface area contributed by atoms with Gasteiger partial charge < -0.3 is 4.90 Å². The van der Waals surface area contributed by atoms with Crippen molar-refractivity contribution in [3.63, 3.8) is 0 Å². The maximum absolute atomic E-state index is 13.3. The number of nitrogens with one attached hydrogen (secondary N) is 2. The van der Waals surface area contributed by atoms with Gasteiger partial charge in [-0.2, -0.15) is 13.2 Å². The van der Waals surface area contributed by atoms with Gasteiger partial charge in [0.15, 0.2) is 0 Å². The lowest BCUT2D eigenvalue weighted by Gasteiger charge is -2.34. The van der Waals surface area contributed by atoms with Crippen LogP contribution in [0.4, 0.5) is 19.0 Å². The van der Waals surface area contributed by atoms with E-state index in [1.54, 1.807) is 12.1 Å². The number of alkyl halides is 3. The van der Waals surface area contributed by atoms with Crippen LogP contribution in [0.2, 0.25) is 0 Å². The number of aryl methyl sites for hydroxylation is 1. The minimum atomic E-state index is -4.53. The molecule has 30 heavy (non-hydrogen) atoms. The first-order chi connectivity index (χ1) is 14.3. The summed E-state index contributed by atoms with van der Waals surface area (Å²) in [4.78, 5) is 30.1. The van der Waals surface area contributed by atoms with Gasteiger partial charge in [-0.05, 0) is 49.1 Å². The molecule has 2 aromatic rings. The minimum absolute atomic E-state index is 0.0903. The molecule has 1 saturated heterocycles. The lowest BCUT2D eigenvalue weighted by molar-refractivity contribution is -0.137. The Morgan fingerprint density at radius 3 is 2.57 bits per heavy atom. The number of anilines is 1. The van der Waals surface area contributed by atoms with Crippen LogP contribution in [0.3, 0.4) is 0 Å². The van der Waals surface area contributed by atoms with Crippen LogP contribution in [0.15, 0.2) is 42.6 Å². The van der Waals surface area contributed by atoms with Crippen molar-refractivity contribution in [1.29, 1.82) is 0 Å².